The van der Waals surface area contributed by atoms with Crippen LogP contribution in [0.3, 0.4) is 0 Å². The Morgan fingerprint density at radius 2 is 2.25 bits per heavy atom. The van der Waals surface area contributed by atoms with Gasteiger partial charge in [-0.05, 0) is 24.5 Å². The Morgan fingerprint density at radius 1 is 1.50 bits per heavy atom. The molecule has 0 aromatic carbocycles. The van der Waals surface area contributed by atoms with Crippen LogP contribution in [0.1, 0.15) is 24.1 Å². The maximum absolute atomic E-state index is 5.99. The fourth-order valence-corrected chi connectivity index (χ4v) is 1.52. The summed E-state index contributed by atoms with van der Waals surface area (Å²) in [6, 6.07) is 4.10. The van der Waals surface area contributed by atoms with E-state index >= 15 is 0 Å². The van der Waals surface area contributed by atoms with Gasteiger partial charge in [0.15, 0.2) is 0 Å². The third kappa shape index (κ3) is 1.39. The molecule has 0 radical (unpaired) electrons. The number of alkyl halides is 1. The van der Waals surface area contributed by atoms with E-state index < -0.39 is 0 Å². The molecule has 3 heteroatoms. The van der Waals surface area contributed by atoms with Crippen molar-refractivity contribution in [2.45, 2.75) is 23.7 Å². The molecule has 0 amide bonds. The lowest BCUT2D eigenvalue weighted by molar-refractivity contribution is 0.707. The average molecular weight is 227 g/mol. The molecular formula is C9H11BrN2. The summed E-state index contributed by atoms with van der Waals surface area (Å²) in [4.78, 5) is 4.33. The second-order valence-electron chi connectivity index (χ2n) is 3.34. The summed E-state index contributed by atoms with van der Waals surface area (Å²) in [5, 5.41) is 0.859. The Balaban J connectivity index is 2.25. The first-order valence-electron chi connectivity index (χ1n) is 4.05. The van der Waals surface area contributed by atoms with Crippen LogP contribution in [0.15, 0.2) is 18.3 Å². The molecule has 64 valence electrons. The van der Waals surface area contributed by atoms with Crippen LogP contribution in [0.4, 0.5) is 0 Å². The maximum atomic E-state index is 5.99. The molecule has 1 aromatic rings. The third-order valence-electron chi connectivity index (χ3n) is 2.28. The van der Waals surface area contributed by atoms with E-state index in [1.807, 2.05) is 12.3 Å². The number of hydrogen-bond acceptors (Lipinski definition) is 2. The van der Waals surface area contributed by atoms with Crippen molar-refractivity contribution in [1.29, 1.82) is 0 Å². The van der Waals surface area contributed by atoms with Gasteiger partial charge in [-0.15, -0.1) is 0 Å². The molecule has 0 atom stereocenters. The molecule has 0 spiro atoms. The molecule has 1 heterocycles. The number of rotatable bonds is 2. The zero-order valence-corrected chi connectivity index (χ0v) is 8.34. The number of nitrogens with zero attached hydrogens (tertiary/aromatic N) is 1. The van der Waals surface area contributed by atoms with Gasteiger partial charge >= 0.3 is 0 Å². The molecule has 1 aliphatic carbocycles. The zero-order valence-electron chi connectivity index (χ0n) is 6.76. The molecule has 2 nitrogen and oxygen atoms in total. The molecule has 1 aromatic heterocycles. The predicted octanol–water partition coefficient (Wildman–Crippen LogP) is 1.92. The summed E-state index contributed by atoms with van der Waals surface area (Å²) in [6.07, 6.45) is 4.04. The highest BCUT2D eigenvalue weighted by atomic mass is 79.9. The van der Waals surface area contributed by atoms with Gasteiger partial charge in [-0.3, -0.25) is 4.98 Å². The summed E-state index contributed by atoms with van der Waals surface area (Å²) in [5.74, 6) is 0. The Bertz CT molecular complexity index is 277. The highest BCUT2D eigenvalue weighted by molar-refractivity contribution is 9.08. The molecular weight excluding hydrogens is 216 g/mol. The SMILES string of the molecule is NC1(c2ccc(CBr)cn2)CC1. The largest absolute Gasteiger partial charge is 0.320 e. The van der Waals surface area contributed by atoms with Crippen molar-refractivity contribution >= 4 is 15.9 Å². The Labute approximate surface area is 80.3 Å². The van der Waals surface area contributed by atoms with Crippen LogP contribution in [0.2, 0.25) is 0 Å². The van der Waals surface area contributed by atoms with Crippen molar-refractivity contribution in [2.24, 2.45) is 5.73 Å². The van der Waals surface area contributed by atoms with Gasteiger partial charge in [0.05, 0.1) is 11.2 Å². The van der Waals surface area contributed by atoms with E-state index in [0.29, 0.717) is 0 Å². The molecule has 1 saturated carbocycles. The molecule has 0 unspecified atom stereocenters. The minimum Gasteiger partial charge on any atom is -0.320 e. The highest BCUT2D eigenvalue weighted by Gasteiger charge is 2.41. The fourth-order valence-electron chi connectivity index (χ4n) is 1.19. The fraction of sp³-hybridized carbons (Fsp3) is 0.444. The molecule has 1 fully saturated rings. The van der Waals surface area contributed by atoms with Gasteiger partial charge in [-0.1, -0.05) is 22.0 Å². The second-order valence-corrected chi connectivity index (χ2v) is 3.90. The predicted molar refractivity (Wildman–Crippen MR) is 52.0 cm³/mol. The van der Waals surface area contributed by atoms with Gasteiger partial charge in [-0.25, -0.2) is 0 Å². The molecule has 1 aliphatic rings. The average Bonchev–Trinajstić information content (AvgIpc) is 2.85. The summed E-state index contributed by atoms with van der Waals surface area (Å²) in [6.45, 7) is 0. The van der Waals surface area contributed by atoms with Gasteiger partial charge < -0.3 is 5.73 Å². The molecule has 0 bridgehead atoms. The van der Waals surface area contributed by atoms with Gasteiger partial charge in [0.2, 0.25) is 0 Å². The van der Waals surface area contributed by atoms with E-state index in [4.69, 9.17) is 5.73 Å². The van der Waals surface area contributed by atoms with Crippen molar-refractivity contribution in [2.75, 3.05) is 0 Å². The second kappa shape index (κ2) is 2.82. The monoisotopic (exact) mass is 226 g/mol. The van der Waals surface area contributed by atoms with E-state index in [-0.39, 0.29) is 5.54 Å². The Kier molecular flexibility index (Phi) is 1.93. The van der Waals surface area contributed by atoms with Crippen LogP contribution in [-0.2, 0) is 10.9 Å². The van der Waals surface area contributed by atoms with E-state index in [1.165, 1.54) is 5.56 Å². The first-order valence-corrected chi connectivity index (χ1v) is 5.17. The van der Waals surface area contributed by atoms with E-state index in [2.05, 4.69) is 27.0 Å². The van der Waals surface area contributed by atoms with Crippen LogP contribution < -0.4 is 5.73 Å². The number of halogens is 1. The minimum absolute atomic E-state index is 0.0924. The van der Waals surface area contributed by atoms with E-state index in [0.717, 1.165) is 23.9 Å². The van der Waals surface area contributed by atoms with E-state index in [1.54, 1.807) is 0 Å². The van der Waals surface area contributed by atoms with Crippen LogP contribution >= 0.6 is 15.9 Å². The number of hydrogen-bond donors (Lipinski definition) is 1. The van der Waals surface area contributed by atoms with Gasteiger partial charge in [-0.2, -0.15) is 0 Å². The number of aromatic nitrogens is 1. The summed E-state index contributed by atoms with van der Waals surface area (Å²) in [7, 11) is 0. The summed E-state index contributed by atoms with van der Waals surface area (Å²) in [5.41, 5.74) is 8.12. The molecule has 2 rings (SSSR count). The lowest BCUT2D eigenvalue weighted by atomic mass is 10.1. The first-order chi connectivity index (χ1) is 5.74. The van der Waals surface area contributed by atoms with Crippen molar-refractivity contribution in [1.82, 2.24) is 4.98 Å². The van der Waals surface area contributed by atoms with Crippen molar-refractivity contribution in [3.8, 4) is 0 Å². The maximum Gasteiger partial charge on any atom is 0.0602 e. The summed E-state index contributed by atoms with van der Waals surface area (Å²) < 4.78 is 0. The van der Waals surface area contributed by atoms with Crippen LogP contribution in [0, 0.1) is 0 Å². The lowest BCUT2D eigenvalue weighted by Crippen LogP contribution is -2.20. The van der Waals surface area contributed by atoms with Gasteiger partial charge in [0.1, 0.15) is 0 Å². The third-order valence-corrected chi connectivity index (χ3v) is 2.93. The number of nitrogens with two attached hydrogens (primary N) is 1. The molecule has 2 N–H and O–H groups in total. The van der Waals surface area contributed by atoms with Crippen LogP contribution in [0.5, 0.6) is 0 Å². The van der Waals surface area contributed by atoms with E-state index in [9.17, 15) is 0 Å². The van der Waals surface area contributed by atoms with Crippen molar-refractivity contribution < 1.29 is 0 Å². The molecule has 12 heavy (non-hydrogen) atoms. The number of pyridine rings is 1. The zero-order chi connectivity index (χ0) is 8.60. The smallest absolute Gasteiger partial charge is 0.0602 e. The van der Waals surface area contributed by atoms with Crippen LogP contribution in [0.25, 0.3) is 0 Å². The highest BCUT2D eigenvalue weighted by Crippen LogP contribution is 2.41. The Hall–Kier alpha value is -0.410. The quantitative estimate of drug-likeness (QED) is 0.784. The molecule has 0 saturated heterocycles. The molecule has 0 aliphatic heterocycles. The standard InChI is InChI=1S/C9H11BrN2/c10-5-7-1-2-8(12-6-7)9(11)3-4-9/h1-2,6H,3-5,11H2. The van der Waals surface area contributed by atoms with Crippen LogP contribution in [-0.4, -0.2) is 4.98 Å². The first kappa shape index (κ1) is 8.20. The van der Waals surface area contributed by atoms with Crippen molar-refractivity contribution in [3.05, 3.63) is 29.6 Å². The normalized spacial score (nSPS) is 19.2. The minimum atomic E-state index is -0.0924. The summed E-state index contributed by atoms with van der Waals surface area (Å²) >= 11 is 3.38. The van der Waals surface area contributed by atoms with Gasteiger partial charge in [0.25, 0.3) is 0 Å². The Morgan fingerprint density at radius 3 is 2.67 bits per heavy atom. The van der Waals surface area contributed by atoms with Crippen molar-refractivity contribution in [3.63, 3.8) is 0 Å². The lowest BCUT2D eigenvalue weighted by Gasteiger charge is -2.07. The topological polar surface area (TPSA) is 38.9 Å². The van der Waals surface area contributed by atoms with Gasteiger partial charge in [0, 0.05) is 11.5 Å².